The summed E-state index contributed by atoms with van der Waals surface area (Å²) in [5.41, 5.74) is 8.65. The zero-order chi connectivity index (χ0) is 19.4. The minimum Gasteiger partial charge on any atom is -0.440 e. The van der Waals surface area contributed by atoms with Gasteiger partial charge in [-0.3, -0.25) is 15.5 Å². The molecular weight excluding hydrogens is 382 g/mol. The lowest BCUT2D eigenvalue weighted by molar-refractivity contribution is 0.102. The van der Waals surface area contributed by atoms with Gasteiger partial charge in [-0.1, -0.05) is 24.3 Å². The van der Waals surface area contributed by atoms with Crippen LogP contribution in [0.25, 0.3) is 5.70 Å². The topological polar surface area (TPSA) is 120 Å². The van der Waals surface area contributed by atoms with E-state index in [0.29, 0.717) is 28.6 Å². The van der Waals surface area contributed by atoms with Gasteiger partial charge in [0.25, 0.3) is 0 Å². The predicted octanol–water partition coefficient (Wildman–Crippen LogP) is 2.45. The Labute approximate surface area is 163 Å². The molecule has 0 radical (unpaired) electrons. The van der Waals surface area contributed by atoms with Crippen LogP contribution in [0.2, 0.25) is 0 Å². The molecule has 1 aliphatic heterocycles. The molecule has 0 spiro atoms. The fraction of sp³-hybridized carbons (Fsp3) is 0.222. The number of Topliss-reactive ketones (excluding diaryl/α,β-unsaturated/α-hetero) is 1. The Morgan fingerprint density at radius 2 is 2.04 bits per heavy atom. The van der Waals surface area contributed by atoms with Crippen molar-refractivity contribution in [2.24, 2.45) is 10.7 Å². The van der Waals surface area contributed by atoms with Gasteiger partial charge >= 0.3 is 0 Å². The van der Waals surface area contributed by atoms with Gasteiger partial charge in [-0.25, -0.2) is 0 Å². The van der Waals surface area contributed by atoms with Crippen LogP contribution in [0.4, 0.5) is 0 Å². The molecule has 1 unspecified atom stereocenters. The van der Waals surface area contributed by atoms with Crippen LogP contribution in [0.5, 0.6) is 0 Å². The van der Waals surface area contributed by atoms with E-state index in [0.717, 1.165) is 16.8 Å². The van der Waals surface area contributed by atoms with Crippen LogP contribution in [0, 0.1) is 4.78 Å². The van der Waals surface area contributed by atoms with E-state index < -0.39 is 16.9 Å². The monoisotopic (exact) mass is 402 g/mol. The third-order valence-electron chi connectivity index (χ3n) is 3.99. The number of benzene rings is 1. The molecule has 0 bridgehead atoms. The summed E-state index contributed by atoms with van der Waals surface area (Å²) in [4.78, 5) is 17.5. The van der Waals surface area contributed by atoms with Gasteiger partial charge in [0.1, 0.15) is 5.84 Å². The first-order chi connectivity index (χ1) is 12.9. The van der Waals surface area contributed by atoms with E-state index in [1.807, 2.05) is 29.7 Å². The van der Waals surface area contributed by atoms with Crippen LogP contribution in [-0.2, 0) is 21.2 Å². The molecular formula is C18H20N5O2S2-. The van der Waals surface area contributed by atoms with Crippen LogP contribution in [0.15, 0.2) is 51.7 Å². The highest BCUT2D eigenvalue weighted by atomic mass is 32.2. The summed E-state index contributed by atoms with van der Waals surface area (Å²) in [5, 5.41) is 8.07. The number of carbonyl (C=O) groups excluding carboxylic acids is 1. The number of nitrogens with zero attached hydrogens (tertiary/aromatic N) is 1. The van der Waals surface area contributed by atoms with Crippen molar-refractivity contribution in [3.8, 4) is 0 Å². The normalized spacial score (nSPS) is 18.1. The summed E-state index contributed by atoms with van der Waals surface area (Å²) in [6.45, 7) is 2.10. The van der Waals surface area contributed by atoms with Gasteiger partial charge in [-0.15, -0.1) is 16.2 Å². The van der Waals surface area contributed by atoms with Gasteiger partial charge in [0.2, 0.25) is 0 Å². The minimum atomic E-state index is -1.71. The molecule has 1 aliphatic rings. The molecule has 5 N–H and O–H groups in total. The second-order valence-electron chi connectivity index (χ2n) is 5.97. The van der Waals surface area contributed by atoms with E-state index in [1.54, 1.807) is 19.1 Å². The fourth-order valence-electron chi connectivity index (χ4n) is 2.71. The lowest BCUT2D eigenvalue weighted by atomic mass is 10.1. The van der Waals surface area contributed by atoms with Gasteiger partial charge in [0.05, 0.1) is 4.88 Å². The van der Waals surface area contributed by atoms with E-state index in [1.165, 1.54) is 11.3 Å². The Hall–Kier alpha value is -2.49. The summed E-state index contributed by atoms with van der Waals surface area (Å²) >= 11 is 1.41. The quantitative estimate of drug-likeness (QED) is 0.437. The first-order valence-corrected chi connectivity index (χ1v) is 10.3. The fourth-order valence-corrected chi connectivity index (χ4v) is 3.90. The van der Waals surface area contributed by atoms with Crippen LogP contribution in [0.3, 0.4) is 0 Å². The molecule has 2 aromatic rings. The summed E-state index contributed by atoms with van der Waals surface area (Å²) in [5.74, 6) is 0.672. The summed E-state index contributed by atoms with van der Waals surface area (Å²) in [7, 11) is -1.71. The highest BCUT2D eigenvalue weighted by Crippen LogP contribution is 2.24. The molecule has 0 amide bonds. The van der Waals surface area contributed by atoms with Crippen LogP contribution >= 0.6 is 11.3 Å². The number of nitrogens with one attached hydrogen (secondary N) is 3. The second-order valence-corrected chi connectivity index (χ2v) is 7.90. The molecule has 0 saturated heterocycles. The Morgan fingerprint density at radius 3 is 2.70 bits per heavy atom. The Kier molecular flexibility index (Phi) is 6.04. The zero-order valence-corrected chi connectivity index (χ0v) is 16.3. The molecule has 142 valence electrons. The van der Waals surface area contributed by atoms with Gasteiger partial charge in [0.15, 0.2) is 12.1 Å². The maximum atomic E-state index is 11.8. The number of hydrogen-bond donors (Lipinski definition) is 4. The zero-order valence-electron chi connectivity index (χ0n) is 14.7. The highest BCUT2D eigenvalue weighted by Gasteiger charge is 2.19. The largest absolute Gasteiger partial charge is 0.440 e. The number of carbonyl (C=O) groups is 1. The van der Waals surface area contributed by atoms with Crippen molar-refractivity contribution in [1.29, 1.82) is 4.78 Å². The highest BCUT2D eigenvalue weighted by molar-refractivity contribution is 7.73. The molecule has 1 atom stereocenters. The Morgan fingerprint density at radius 1 is 1.30 bits per heavy atom. The van der Waals surface area contributed by atoms with Crippen molar-refractivity contribution in [3.05, 3.63) is 57.8 Å². The lowest BCUT2D eigenvalue weighted by Crippen LogP contribution is -2.53. The standard InChI is InChI=1S/C18H20N5O2S2/c1-11(24)17-14(7-9-26-17)15-10-16(23-18(19)22-15)21-8-6-12-2-4-13(5-3-12)27(20)25/h2-5,7,9-10,18,20,22H,6,8,19H2,1H3,(H,21,23)/q-1. The summed E-state index contributed by atoms with van der Waals surface area (Å²) in [6.07, 6.45) is 2.07. The third kappa shape index (κ3) is 4.82. The average Bonchev–Trinajstić information content (AvgIpc) is 3.12. The molecule has 9 heteroatoms. The molecule has 0 aliphatic carbocycles. The lowest BCUT2D eigenvalue weighted by Gasteiger charge is -2.25. The first-order valence-electron chi connectivity index (χ1n) is 8.29. The number of aliphatic imine (C=N–C) groups is 1. The molecule has 1 aromatic carbocycles. The second kappa shape index (κ2) is 8.47. The number of ketones is 1. The number of nitrogens with two attached hydrogens (primary N) is 1. The molecule has 7 nitrogen and oxygen atoms in total. The SMILES string of the molecule is CC(=O)c1sccc1C1=CC(=NCCc2ccc([S-](=N)=O)cc2)NC(N)N1. The van der Waals surface area contributed by atoms with Crippen LogP contribution < -0.4 is 16.4 Å². The minimum absolute atomic E-state index is 0.0188. The van der Waals surface area contributed by atoms with E-state index in [-0.39, 0.29) is 5.78 Å². The van der Waals surface area contributed by atoms with Gasteiger partial charge in [0, 0.05) is 23.9 Å². The smallest absolute Gasteiger partial charge is 0.170 e. The number of thiophene rings is 1. The molecule has 3 rings (SSSR count). The van der Waals surface area contributed by atoms with E-state index in [9.17, 15) is 9.00 Å². The van der Waals surface area contributed by atoms with Crippen LogP contribution in [-0.4, -0.2) is 24.5 Å². The number of hydrogen-bond acceptors (Lipinski definition) is 8. The number of rotatable bonds is 6. The molecule has 0 fully saturated rings. The van der Waals surface area contributed by atoms with E-state index >= 15 is 0 Å². The average molecular weight is 403 g/mol. The van der Waals surface area contributed by atoms with Crippen molar-refractivity contribution < 1.29 is 9.00 Å². The van der Waals surface area contributed by atoms with E-state index in [2.05, 4.69) is 15.6 Å². The molecule has 27 heavy (non-hydrogen) atoms. The first kappa shape index (κ1) is 19.3. The Bertz CT molecular complexity index is 966. The maximum Gasteiger partial charge on any atom is 0.170 e. The summed E-state index contributed by atoms with van der Waals surface area (Å²) in [6, 6.07) is 9.00. The van der Waals surface area contributed by atoms with Crippen molar-refractivity contribution in [2.45, 2.75) is 24.5 Å². The molecule has 1 aromatic heterocycles. The number of amidine groups is 1. The van der Waals surface area contributed by atoms with E-state index in [4.69, 9.17) is 10.5 Å². The molecule has 2 heterocycles. The van der Waals surface area contributed by atoms with Gasteiger partial charge in [-0.05, 0) is 30.4 Å². The van der Waals surface area contributed by atoms with Crippen LogP contribution in [0.1, 0.15) is 27.7 Å². The van der Waals surface area contributed by atoms with Crippen molar-refractivity contribution in [1.82, 2.24) is 10.6 Å². The van der Waals surface area contributed by atoms with Crippen molar-refractivity contribution in [3.63, 3.8) is 0 Å². The molecule has 0 saturated carbocycles. The summed E-state index contributed by atoms with van der Waals surface area (Å²) < 4.78 is 18.3. The van der Waals surface area contributed by atoms with Gasteiger partial charge in [-0.2, -0.15) is 10.6 Å². The Balaban J connectivity index is 1.73. The third-order valence-corrected chi connectivity index (χ3v) is 5.71. The van der Waals surface area contributed by atoms with Crippen molar-refractivity contribution >= 4 is 39.2 Å². The maximum absolute atomic E-state index is 11.8. The van der Waals surface area contributed by atoms with Gasteiger partial charge < -0.3 is 19.6 Å². The van der Waals surface area contributed by atoms with Crippen molar-refractivity contribution in [2.75, 3.05) is 6.54 Å². The predicted molar refractivity (Wildman–Crippen MR) is 108 cm³/mol.